The zero-order valence-corrected chi connectivity index (χ0v) is 23.2. The van der Waals surface area contributed by atoms with Crippen LogP contribution in [0.1, 0.15) is 10.4 Å². The van der Waals surface area contributed by atoms with E-state index in [-0.39, 0.29) is 20.7 Å². The molecule has 5 rings (SSSR count). The topological polar surface area (TPSA) is 123 Å². The van der Waals surface area contributed by atoms with Crippen LogP contribution in [0.5, 0.6) is 5.75 Å². The number of para-hydroxylation sites is 1. The summed E-state index contributed by atoms with van der Waals surface area (Å²) >= 11 is 11.7. The lowest BCUT2D eigenvalue weighted by atomic mass is 10.1. The maximum absolute atomic E-state index is 13.3. The molecule has 1 amide bonds. The van der Waals surface area contributed by atoms with Crippen LogP contribution < -0.4 is 20.1 Å². The number of hydrogen-bond acceptors (Lipinski definition) is 7. The molecule has 3 aromatic carbocycles. The minimum absolute atomic E-state index is 0.0624. The highest BCUT2D eigenvalue weighted by Gasteiger charge is 2.19. The summed E-state index contributed by atoms with van der Waals surface area (Å²) < 4.78 is 39.0. The molecule has 2 heterocycles. The number of anilines is 2. The summed E-state index contributed by atoms with van der Waals surface area (Å²) in [4.78, 5) is 17.8. The number of halogens is 1. The first kappa shape index (κ1) is 27.1. The number of rotatable bonds is 7. The second-order valence-electron chi connectivity index (χ2n) is 8.43. The predicted octanol–water partition coefficient (Wildman–Crippen LogP) is 6.08. The number of carbonyl (C=O) groups excluding carboxylic acids is 1. The molecule has 9 nitrogen and oxygen atoms in total. The molecular formula is C28H21ClN4O5S2. The van der Waals surface area contributed by atoms with Crippen molar-refractivity contribution in [2.24, 2.45) is 0 Å². The molecule has 0 aliphatic rings. The van der Waals surface area contributed by atoms with E-state index in [1.807, 2.05) is 6.07 Å². The highest BCUT2D eigenvalue weighted by Crippen LogP contribution is 2.28. The zero-order valence-electron chi connectivity index (χ0n) is 20.8. The number of nitrogens with zero attached hydrogens (tertiary/aromatic N) is 1. The van der Waals surface area contributed by atoms with E-state index in [0.29, 0.717) is 39.4 Å². The number of hydrogen-bond donors (Lipinski definition) is 3. The van der Waals surface area contributed by atoms with E-state index in [0.717, 1.165) is 0 Å². The van der Waals surface area contributed by atoms with Gasteiger partial charge in [0.25, 0.3) is 15.9 Å². The van der Waals surface area contributed by atoms with Crippen LogP contribution in [0, 0.1) is 0 Å². The fourth-order valence-corrected chi connectivity index (χ4v) is 5.33. The third kappa shape index (κ3) is 5.91. The van der Waals surface area contributed by atoms with E-state index in [1.165, 1.54) is 31.6 Å². The second kappa shape index (κ2) is 11.3. The molecule has 0 saturated carbocycles. The molecule has 0 spiro atoms. The van der Waals surface area contributed by atoms with Crippen molar-refractivity contribution in [2.45, 2.75) is 4.90 Å². The maximum Gasteiger partial charge on any atom is 0.261 e. The standard InChI is InChI=1S/C28H21ClN4O5S2/c1-37-18-10-8-17(9-11-18)33-40(35,36)19-12-13-22(29)24(15-19)31-28(39)32-27(34)21-16-25(26-7-4-14-38-26)30-23-6-3-2-5-20(21)23/h2-16,33H,1H3,(H2,31,32,34,39). The predicted molar refractivity (Wildman–Crippen MR) is 158 cm³/mol. The van der Waals surface area contributed by atoms with Crippen LogP contribution in [-0.2, 0) is 10.0 Å². The third-order valence-corrected chi connectivity index (χ3v) is 7.71. The lowest BCUT2D eigenvalue weighted by molar-refractivity contribution is 0.0979. The lowest BCUT2D eigenvalue weighted by Crippen LogP contribution is -2.34. The van der Waals surface area contributed by atoms with Gasteiger partial charge in [0, 0.05) is 11.1 Å². The van der Waals surface area contributed by atoms with Gasteiger partial charge in [-0.05, 0) is 78.9 Å². The summed E-state index contributed by atoms with van der Waals surface area (Å²) in [6.45, 7) is 0. The number of sulfonamides is 1. The molecule has 0 bridgehead atoms. The number of benzene rings is 3. The molecule has 0 unspecified atom stereocenters. The van der Waals surface area contributed by atoms with Crippen molar-refractivity contribution in [2.75, 3.05) is 17.1 Å². The molecule has 202 valence electrons. The van der Waals surface area contributed by atoms with Crippen molar-refractivity contribution in [3.63, 3.8) is 0 Å². The third-order valence-electron chi connectivity index (χ3n) is 5.80. The Morgan fingerprint density at radius 1 is 1.00 bits per heavy atom. The summed E-state index contributed by atoms with van der Waals surface area (Å²) in [5, 5.41) is 6.19. The largest absolute Gasteiger partial charge is 0.497 e. The molecule has 0 saturated heterocycles. The Balaban J connectivity index is 1.35. The minimum Gasteiger partial charge on any atom is -0.497 e. The van der Waals surface area contributed by atoms with Crippen molar-refractivity contribution in [3.8, 4) is 17.2 Å². The molecule has 40 heavy (non-hydrogen) atoms. The number of methoxy groups -OCH3 is 1. The molecule has 0 aliphatic heterocycles. The Labute approximate surface area is 240 Å². The highest BCUT2D eigenvalue weighted by molar-refractivity contribution is 7.92. The summed E-state index contributed by atoms with van der Waals surface area (Å²) in [5.74, 6) is 0.604. The van der Waals surface area contributed by atoms with E-state index in [1.54, 1.807) is 60.7 Å². The Morgan fingerprint density at radius 2 is 1.77 bits per heavy atom. The summed E-state index contributed by atoms with van der Waals surface area (Å²) in [6.07, 6.45) is 1.52. The van der Waals surface area contributed by atoms with Crippen molar-refractivity contribution in [1.82, 2.24) is 10.3 Å². The van der Waals surface area contributed by atoms with E-state index >= 15 is 0 Å². The monoisotopic (exact) mass is 592 g/mol. The van der Waals surface area contributed by atoms with Crippen molar-refractivity contribution in [1.29, 1.82) is 0 Å². The number of thiocarbonyl (C=S) groups is 1. The van der Waals surface area contributed by atoms with Crippen LogP contribution in [0.15, 0.2) is 101 Å². The Morgan fingerprint density at radius 3 is 2.50 bits per heavy atom. The number of pyridine rings is 1. The molecule has 2 aromatic heterocycles. The SMILES string of the molecule is COc1ccc(NS(=O)(=O)c2ccc(Cl)c(NC(=S)NC(=O)c3cc(-c4ccco4)nc4ccccc34)c2)cc1. The van der Waals surface area contributed by atoms with Crippen molar-refractivity contribution < 1.29 is 22.4 Å². The maximum atomic E-state index is 13.3. The van der Waals surface area contributed by atoms with E-state index in [4.69, 9.17) is 33.0 Å². The van der Waals surface area contributed by atoms with Gasteiger partial charge in [-0.25, -0.2) is 13.4 Å². The normalized spacial score (nSPS) is 11.2. The number of amides is 1. The van der Waals surface area contributed by atoms with Gasteiger partial charge in [-0.2, -0.15) is 0 Å². The Bertz CT molecular complexity index is 1830. The van der Waals surface area contributed by atoms with Gasteiger partial charge in [-0.1, -0.05) is 29.8 Å². The average Bonchev–Trinajstić information content (AvgIpc) is 3.49. The summed E-state index contributed by atoms with van der Waals surface area (Å²) in [7, 11) is -2.44. The fourth-order valence-electron chi connectivity index (χ4n) is 3.88. The Hall–Kier alpha value is -4.45. The van der Waals surface area contributed by atoms with Gasteiger partial charge in [0.2, 0.25) is 0 Å². The Kier molecular flexibility index (Phi) is 7.69. The summed E-state index contributed by atoms with van der Waals surface area (Å²) in [6, 6.07) is 22.8. The quantitative estimate of drug-likeness (QED) is 0.194. The van der Waals surface area contributed by atoms with Crippen LogP contribution >= 0.6 is 23.8 Å². The van der Waals surface area contributed by atoms with Crippen molar-refractivity contribution in [3.05, 3.63) is 102 Å². The molecular weight excluding hydrogens is 572 g/mol. The molecule has 0 fully saturated rings. The number of aromatic nitrogens is 1. The number of carbonyl (C=O) groups is 1. The van der Waals surface area contributed by atoms with Crippen LogP contribution in [0.4, 0.5) is 11.4 Å². The molecule has 3 N–H and O–H groups in total. The van der Waals surface area contributed by atoms with E-state index < -0.39 is 15.9 Å². The molecule has 0 aliphatic carbocycles. The lowest BCUT2D eigenvalue weighted by Gasteiger charge is -2.14. The average molecular weight is 593 g/mol. The molecule has 5 aromatic rings. The van der Waals surface area contributed by atoms with E-state index in [9.17, 15) is 13.2 Å². The highest BCUT2D eigenvalue weighted by atomic mass is 35.5. The number of nitrogens with one attached hydrogen (secondary N) is 3. The minimum atomic E-state index is -3.96. The van der Waals surface area contributed by atoms with Crippen LogP contribution in [0.2, 0.25) is 5.02 Å². The van der Waals surface area contributed by atoms with Crippen molar-refractivity contribution >= 4 is 67.1 Å². The number of furan rings is 1. The smallest absolute Gasteiger partial charge is 0.261 e. The first-order chi connectivity index (χ1) is 19.2. The van der Waals surface area contributed by atoms with Crippen LogP contribution in [-0.4, -0.2) is 31.5 Å². The number of ether oxygens (including phenoxy) is 1. The molecule has 0 radical (unpaired) electrons. The van der Waals surface area contributed by atoms with Crippen LogP contribution in [0.25, 0.3) is 22.4 Å². The van der Waals surface area contributed by atoms with Gasteiger partial charge in [0.1, 0.15) is 11.4 Å². The molecule has 12 heteroatoms. The van der Waals surface area contributed by atoms with Gasteiger partial charge in [-0.15, -0.1) is 0 Å². The second-order valence-corrected chi connectivity index (χ2v) is 10.9. The molecule has 0 atom stereocenters. The van der Waals surface area contributed by atoms with Gasteiger partial charge in [-0.3, -0.25) is 14.8 Å². The zero-order chi connectivity index (χ0) is 28.3. The fraction of sp³-hybridized carbons (Fsp3) is 0.0357. The summed E-state index contributed by atoms with van der Waals surface area (Å²) in [5.41, 5.74) is 1.96. The van der Waals surface area contributed by atoms with Gasteiger partial charge in [0.15, 0.2) is 10.9 Å². The first-order valence-corrected chi connectivity index (χ1v) is 14.0. The number of fused-ring (bicyclic) bond motifs is 1. The van der Waals surface area contributed by atoms with Gasteiger partial charge < -0.3 is 14.5 Å². The van der Waals surface area contributed by atoms with Gasteiger partial charge in [0.05, 0.1) is 40.1 Å². The first-order valence-electron chi connectivity index (χ1n) is 11.8. The van der Waals surface area contributed by atoms with Gasteiger partial charge >= 0.3 is 0 Å². The van der Waals surface area contributed by atoms with E-state index in [2.05, 4.69) is 20.3 Å². The van der Waals surface area contributed by atoms with Crippen LogP contribution in [0.3, 0.4) is 0 Å².